The van der Waals surface area contributed by atoms with Crippen molar-refractivity contribution in [2.24, 2.45) is 0 Å². The van der Waals surface area contributed by atoms with Crippen molar-refractivity contribution in [2.75, 3.05) is 39.5 Å². The van der Waals surface area contributed by atoms with E-state index in [2.05, 4.69) is 16.7 Å². The normalized spacial score (nSPS) is 11.4. The van der Waals surface area contributed by atoms with Gasteiger partial charge in [-0.15, -0.1) is 0 Å². The Morgan fingerprint density at radius 1 is 1.17 bits per heavy atom. The van der Waals surface area contributed by atoms with E-state index >= 15 is 0 Å². The van der Waals surface area contributed by atoms with Gasteiger partial charge >= 0.3 is 0 Å². The Kier molecular flexibility index (Phi) is 6.09. The second kappa shape index (κ2) is 7.34. The third-order valence-corrected chi connectivity index (χ3v) is 2.91. The lowest BCUT2D eigenvalue weighted by Crippen LogP contribution is -2.32. The zero-order valence-electron chi connectivity index (χ0n) is 11.6. The van der Waals surface area contributed by atoms with Gasteiger partial charge < -0.3 is 10.6 Å². The van der Waals surface area contributed by atoms with E-state index in [1.165, 1.54) is 0 Å². The number of hydrogen-bond donors (Lipinski definition) is 1. The number of anilines is 1. The van der Waals surface area contributed by atoms with Crippen LogP contribution in [-0.2, 0) is 6.54 Å². The van der Waals surface area contributed by atoms with E-state index in [1.807, 2.05) is 26.2 Å². The molecule has 0 saturated carbocycles. The molecule has 0 saturated heterocycles. The van der Waals surface area contributed by atoms with Crippen LogP contribution < -0.4 is 5.73 Å². The number of rotatable bonds is 7. The minimum atomic E-state index is -0.275. The number of hydrogen-bond acceptors (Lipinski definition) is 3. The lowest BCUT2D eigenvalue weighted by atomic mass is 10.1. The quantitative estimate of drug-likeness (QED) is 0.756. The van der Waals surface area contributed by atoms with Crippen LogP contribution in [0.5, 0.6) is 0 Å². The third kappa shape index (κ3) is 4.63. The van der Waals surface area contributed by atoms with Crippen LogP contribution in [0.1, 0.15) is 18.9 Å². The molecule has 0 amide bonds. The van der Waals surface area contributed by atoms with Crippen molar-refractivity contribution in [3.8, 4) is 0 Å². The van der Waals surface area contributed by atoms with Crippen molar-refractivity contribution < 1.29 is 4.39 Å². The summed E-state index contributed by atoms with van der Waals surface area (Å²) in [5.74, 6) is -0.275. The minimum absolute atomic E-state index is 0.233. The number of halogens is 1. The molecule has 1 rings (SSSR count). The molecule has 2 N–H and O–H groups in total. The average molecular weight is 253 g/mol. The summed E-state index contributed by atoms with van der Waals surface area (Å²) in [7, 11) is 4.09. The minimum Gasteiger partial charge on any atom is -0.396 e. The van der Waals surface area contributed by atoms with Crippen molar-refractivity contribution in [1.29, 1.82) is 0 Å². The predicted octanol–water partition coefficient (Wildman–Crippen LogP) is 2.18. The standard InChI is InChI=1S/C14H24FN3/c1-4-8-18(10-9-17(2)3)11-12-6-5-7-13(16)14(12)15/h5-7H,4,8-11,16H2,1-3H3. The second-order valence-electron chi connectivity index (χ2n) is 4.90. The molecule has 0 heterocycles. The van der Waals surface area contributed by atoms with Crippen LogP contribution in [0.15, 0.2) is 18.2 Å². The maximum atomic E-state index is 13.8. The lowest BCUT2D eigenvalue weighted by molar-refractivity contribution is 0.231. The summed E-state index contributed by atoms with van der Waals surface area (Å²) in [6.07, 6.45) is 1.07. The lowest BCUT2D eigenvalue weighted by Gasteiger charge is -2.24. The molecular formula is C14H24FN3. The molecule has 0 fully saturated rings. The third-order valence-electron chi connectivity index (χ3n) is 2.91. The molecule has 0 aliphatic heterocycles. The molecule has 0 bridgehead atoms. The van der Waals surface area contributed by atoms with Gasteiger partial charge in [-0.05, 0) is 33.1 Å². The Labute approximate surface area is 109 Å². The highest BCUT2D eigenvalue weighted by molar-refractivity contribution is 5.42. The average Bonchev–Trinajstić information content (AvgIpc) is 2.32. The fraction of sp³-hybridized carbons (Fsp3) is 0.571. The fourth-order valence-electron chi connectivity index (χ4n) is 1.89. The first-order valence-electron chi connectivity index (χ1n) is 6.44. The monoisotopic (exact) mass is 253 g/mol. The van der Waals surface area contributed by atoms with Gasteiger partial charge in [0.1, 0.15) is 0 Å². The largest absolute Gasteiger partial charge is 0.396 e. The van der Waals surface area contributed by atoms with Crippen molar-refractivity contribution in [2.45, 2.75) is 19.9 Å². The van der Waals surface area contributed by atoms with Gasteiger partial charge in [-0.3, -0.25) is 4.90 Å². The summed E-state index contributed by atoms with van der Waals surface area (Å²) < 4.78 is 13.8. The van der Waals surface area contributed by atoms with E-state index < -0.39 is 0 Å². The zero-order valence-corrected chi connectivity index (χ0v) is 11.6. The second-order valence-corrected chi connectivity index (χ2v) is 4.90. The summed E-state index contributed by atoms with van der Waals surface area (Å²) in [5, 5.41) is 0. The molecule has 0 unspecified atom stereocenters. The molecule has 1 aromatic carbocycles. The molecule has 0 atom stereocenters. The van der Waals surface area contributed by atoms with E-state index in [0.29, 0.717) is 12.1 Å². The molecule has 0 aliphatic carbocycles. The van der Waals surface area contributed by atoms with E-state index in [9.17, 15) is 4.39 Å². The van der Waals surface area contributed by atoms with Crippen LogP contribution in [-0.4, -0.2) is 43.5 Å². The zero-order chi connectivity index (χ0) is 13.5. The first-order valence-corrected chi connectivity index (χ1v) is 6.44. The van der Waals surface area contributed by atoms with Crippen LogP contribution in [0, 0.1) is 5.82 Å². The molecule has 0 spiro atoms. The molecule has 3 nitrogen and oxygen atoms in total. The number of benzene rings is 1. The van der Waals surface area contributed by atoms with Gasteiger partial charge in [0.05, 0.1) is 5.69 Å². The fourth-order valence-corrected chi connectivity index (χ4v) is 1.89. The van der Waals surface area contributed by atoms with E-state index in [-0.39, 0.29) is 11.5 Å². The molecule has 0 radical (unpaired) electrons. The predicted molar refractivity (Wildman–Crippen MR) is 74.9 cm³/mol. The number of nitrogens with zero attached hydrogens (tertiary/aromatic N) is 2. The topological polar surface area (TPSA) is 32.5 Å². The Hall–Kier alpha value is -1.13. The maximum Gasteiger partial charge on any atom is 0.150 e. The van der Waals surface area contributed by atoms with Gasteiger partial charge in [-0.1, -0.05) is 19.1 Å². The molecule has 18 heavy (non-hydrogen) atoms. The van der Waals surface area contributed by atoms with Crippen LogP contribution in [0.3, 0.4) is 0 Å². The van der Waals surface area contributed by atoms with Gasteiger partial charge in [0, 0.05) is 25.2 Å². The highest BCUT2D eigenvalue weighted by Gasteiger charge is 2.10. The summed E-state index contributed by atoms with van der Waals surface area (Å²) >= 11 is 0. The van der Waals surface area contributed by atoms with Crippen LogP contribution in [0.25, 0.3) is 0 Å². The molecule has 4 heteroatoms. The number of nitrogen functional groups attached to an aromatic ring is 1. The Bertz CT molecular complexity index is 366. The van der Waals surface area contributed by atoms with Crippen molar-refractivity contribution in [3.05, 3.63) is 29.6 Å². The smallest absolute Gasteiger partial charge is 0.150 e. The van der Waals surface area contributed by atoms with E-state index in [4.69, 9.17) is 5.73 Å². The van der Waals surface area contributed by atoms with Crippen LogP contribution in [0.2, 0.25) is 0 Å². The summed E-state index contributed by atoms with van der Waals surface area (Å²) in [6, 6.07) is 5.22. The highest BCUT2D eigenvalue weighted by atomic mass is 19.1. The molecule has 102 valence electrons. The van der Waals surface area contributed by atoms with Crippen molar-refractivity contribution in [1.82, 2.24) is 9.80 Å². The number of nitrogens with two attached hydrogens (primary N) is 1. The Balaban J connectivity index is 2.67. The summed E-state index contributed by atoms with van der Waals surface area (Å²) in [4.78, 5) is 4.40. The van der Waals surface area contributed by atoms with Crippen LogP contribution >= 0.6 is 0 Å². The Morgan fingerprint density at radius 2 is 1.89 bits per heavy atom. The summed E-state index contributed by atoms with van der Waals surface area (Å²) in [5.41, 5.74) is 6.51. The first kappa shape index (κ1) is 14.9. The molecule has 0 aliphatic rings. The van der Waals surface area contributed by atoms with Gasteiger partial charge in [-0.25, -0.2) is 4.39 Å². The SMILES string of the molecule is CCCN(CCN(C)C)Cc1cccc(N)c1F. The van der Waals surface area contributed by atoms with Gasteiger partial charge in [-0.2, -0.15) is 0 Å². The van der Waals surface area contributed by atoms with Gasteiger partial charge in [0.15, 0.2) is 5.82 Å². The van der Waals surface area contributed by atoms with Crippen molar-refractivity contribution >= 4 is 5.69 Å². The van der Waals surface area contributed by atoms with Crippen molar-refractivity contribution in [3.63, 3.8) is 0 Å². The highest BCUT2D eigenvalue weighted by Crippen LogP contribution is 2.16. The van der Waals surface area contributed by atoms with Gasteiger partial charge in [0.2, 0.25) is 0 Å². The molecular weight excluding hydrogens is 229 g/mol. The summed E-state index contributed by atoms with van der Waals surface area (Å²) in [6.45, 7) is 5.65. The van der Waals surface area contributed by atoms with E-state index in [0.717, 1.165) is 26.1 Å². The maximum absolute atomic E-state index is 13.8. The first-order chi connectivity index (χ1) is 8.54. The molecule has 1 aromatic rings. The molecule has 0 aromatic heterocycles. The van der Waals surface area contributed by atoms with Gasteiger partial charge in [0.25, 0.3) is 0 Å². The van der Waals surface area contributed by atoms with E-state index in [1.54, 1.807) is 6.07 Å². The van der Waals surface area contributed by atoms with Crippen LogP contribution in [0.4, 0.5) is 10.1 Å². The number of likely N-dealkylation sites (N-methyl/N-ethyl adjacent to an activating group) is 1. The Morgan fingerprint density at radius 3 is 2.50 bits per heavy atom.